The molecule has 1 aliphatic carbocycles. The second kappa shape index (κ2) is 9.10. The fourth-order valence-corrected chi connectivity index (χ4v) is 5.13. The third kappa shape index (κ3) is 4.03. The minimum Gasteiger partial charge on any atom is -0.479 e. The maximum atomic E-state index is 13.3. The first-order valence-corrected chi connectivity index (χ1v) is 11.4. The van der Waals surface area contributed by atoms with Gasteiger partial charge in [-0.25, -0.2) is 9.59 Å². The lowest BCUT2D eigenvalue weighted by Gasteiger charge is -2.38. The summed E-state index contributed by atoms with van der Waals surface area (Å²) < 4.78 is 10.7. The number of nitrogens with one attached hydrogen (secondary N) is 1. The highest BCUT2D eigenvalue weighted by Crippen LogP contribution is 2.44. The Kier molecular flexibility index (Phi) is 6.36. The molecule has 1 atom stereocenters. The van der Waals surface area contributed by atoms with Crippen molar-refractivity contribution in [2.24, 2.45) is 0 Å². The largest absolute Gasteiger partial charge is 0.479 e. The molecule has 2 aromatic carbocycles. The predicted octanol–water partition coefficient (Wildman–Crippen LogP) is 3.40. The summed E-state index contributed by atoms with van der Waals surface area (Å²) in [6, 6.07) is 16.1. The third-order valence-corrected chi connectivity index (χ3v) is 6.81. The molecular formula is C26H30N2O6. The Balaban J connectivity index is 1.45. The van der Waals surface area contributed by atoms with E-state index in [9.17, 15) is 19.5 Å². The molecule has 2 amide bonds. The van der Waals surface area contributed by atoms with Crippen molar-refractivity contribution in [3.8, 4) is 11.1 Å². The Morgan fingerprint density at radius 1 is 1.09 bits per heavy atom. The van der Waals surface area contributed by atoms with E-state index < -0.39 is 29.0 Å². The Morgan fingerprint density at radius 3 is 2.24 bits per heavy atom. The molecule has 2 N–H and O–H groups in total. The van der Waals surface area contributed by atoms with Gasteiger partial charge in [-0.2, -0.15) is 0 Å². The number of likely N-dealkylation sites (tertiary alicyclic amines) is 1. The van der Waals surface area contributed by atoms with Crippen LogP contribution in [0.1, 0.15) is 43.7 Å². The summed E-state index contributed by atoms with van der Waals surface area (Å²) in [5.41, 5.74) is 1.64. The van der Waals surface area contributed by atoms with Gasteiger partial charge >= 0.3 is 12.1 Å². The summed E-state index contributed by atoms with van der Waals surface area (Å²) in [4.78, 5) is 39.4. The number of carbonyl (C=O) groups excluding carboxylic acids is 2. The second-order valence-electron chi connectivity index (χ2n) is 9.41. The van der Waals surface area contributed by atoms with Crippen LogP contribution in [-0.4, -0.2) is 65.9 Å². The zero-order valence-electron chi connectivity index (χ0n) is 19.7. The molecule has 1 saturated heterocycles. The molecule has 0 spiro atoms. The van der Waals surface area contributed by atoms with E-state index in [1.807, 2.05) is 36.4 Å². The minimum absolute atomic E-state index is 0.100. The lowest BCUT2D eigenvalue weighted by Crippen LogP contribution is -2.63. The normalized spacial score (nSPS) is 19.4. The number of benzene rings is 2. The topological polar surface area (TPSA) is 105 Å². The summed E-state index contributed by atoms with van der Waals surface area (Å²) in [7, 11) is 1.41. The van der Waals surface area contributed by atoms with Gasteiger partial charge in [0.15, 0.2) is 5.54 Å². The molecule has 34 heavy (non-hydrogen) atoms. The summed E-state index contributed by atoms with van der Waals surface area (Å²) in [5, 5.41) is 12.5. The lowest BCUT2D eigenvalue weighted by atomic mass is 9.94. The molecule has 0 saturated carbocycles. The molecule has 1 unspecified atom stereocenters. The number of carboxylic acid groups (broad SMARTS) is 1. The van der Waals surface area contributed by atoms with Crippen LogP contribution in [0.25, 0.3) is 11.1 Å². The Labute approximate surface area is 198 Å². The predicted molar refractivity (Wildman–Crippen MR) is 125 cm³/mol. The van der Waals surface area contributed by atoms with Crippen LogP contribution in [0.4, 0.5) is 4.79 Å². The molecule has 180 valence electrons. The van der Waals surface area contributed by atoms with E-state index in [1.165, 1.54) is 12.0 Å². The Bertz CT molecular complexity index is 1070. The summed E-state index contributed by atoms with van der Waals surface area (Å²) in [6.07, 6.45) is 0.109. The van der Waals surface area contributed by atoms with Crippen LogP contribution >= 0.6 is 0 Å². The first-order valence-electron chi connectivity index (χ1n) is 11.4. The molecule has 1 fully saturated rings. The van der Waals surface area contributed by atoms with E-state index in [2.05, 4.69) is 17.4 Å². The number of hydrogen-bond donors (Lipinski definition) is 2. The molecule has 2 aromatic rings. The number of amides is 2. The Hall–Kier alpha value is -3.39. The zero-order chi connectivity index (χ0) is 24.5. The fourth-order valence-electron chi connectivity index (χ4n) is 5.13. The van der Waals surface area contributed by atoms with Crippen LogP contribution in [0.3, 0.4) is 0 Å². The molecular weight excluding hydrogens is 436 g/mol. The Morgan fingerprint density at radius 2 is 1.68 bits per heavy atom. The molecule has 8 nitrogen and oxygen atoms in total. The zero-order valence-corrected chi connectivity index (χ0v) is 19.7. The van der Waals surface area contributed by atoms with Crippen molar-refractivity contribution in [2.75, 3.05) is 26.9 Å². The van der Waals surface area contributed by atoms with Crippen molar-refractivity contribution in [1.29, 1.82) is 0 Å². The van der Waals surface area contributed by atoms with Gasteiger partial charge in [0, 0.05) is 19.6 Å². The number of ether oxygens (including phenoxy) is 2. The highest BCUT2D eigenvalue weighted by atomic mass is 16.5. The molecule has 2 aliphatic rings. The van der Waals surface area contributed by atoms with Crippen LogP contribution in [0.15, 0.2) is 48.5 Å². The van der Waals surface area contributed by atoms with Gasteiger partial charge in [-0.1, -0.05) is 48.5 Å². The van der Waals surface area contributed by atoms with Crippen LogP contribution in [0, 0.1) is 0 Å². The van der Waals surface area contributed by atoms with Crippen molar-refractivity contribution >= 4 is 18.0 Å². The number of carboxylic acids is 1. The van der Waals surface area contributed by atoms with Gasteiger partial charge in [0.05, 0.1) is 6.61 Å². The molecule has 0 radical (unpaired) electrons. The van der Waals surface area contributed by atoms with Crippen LogP contribution in [0.5, 0.6) is 0 Å². The first kappa shape index (κ1) is 23.8. The maximum absolute atomic E-state index is 13.3. The van der Waals surface area contributed by atoms with Gasteiger partial charge < -0.3 is 24.8 Å². The van der Waals surface area contributed by atoms with Crippen LogP contribution < -0.4 is 5.32 Å². The number of rotatable bonds is 7. The van der Waals surface area contributed by atoms with E-state index in [0.717, 1.165) is 22.3 Å². The number of carbonyl (C=O) groups is 3. The SMILES string of the molecule is COCC1(C(=O)O)CCCN1C(=O)C(C)(C)NC(=O)OCC1c2ccccc2-c2ccccc21. The summed E-state index contributed by atoms with van der Waals surface area (Å²) in [6.45, 7) is 3.39. The quantitative estimate of drug-likeness (QED) is 0.648. The monoisotopic (exact) mass is 466 g/mol. The molecule has 4 rings (SSSR count). The van der Waals surface area contributed by atoms with E-state index in [0.29, 0.717) is 12.8 Å². The number of hydrogen-bond acceptors (Lipinski definition) is 5. The van der Waals surface area contributed by atoms with Gasteiger partial charge in [-0.15, -0.1) is 0 Å². The van der Waals surface area contributed by atoms with Crippen LogP contribution in [-0.2, 0) is 19.1 Å². The van der Waals surface area contributed by atoms with Crippen molar-refractivity contribution in [3.63, 3.8) is 0 Å². The average molecular weight is 467 g/mol. The first-order chi connectivity index (χ1) is 16.2. The lowest BCUT2D eigenvalue weighted by molar-refractivity contribution is -0.162. The van der Waals surface area contributed by atoms with Crippen molar-refractivity contribution in [1.82, 2.24) is 10.2 Å². The highest BCUT2D eigenvalue weighted by molar-refractivity contribution is 5.94. The van der Waals surface area contributed by atoms with Gasteiger partial charge in [0.25, 0.3) is 0 Å². The highest BCUT2D eigenvalue weighted by Gasteiger charge is 2.53. The standard InChI is InChI=1S/C26H30N2O6/c1-25(2,22(29)28-14-8-13-26(28,16-33-3)23(30)31)27-24(32)34-15-21-19-11-6-4-9-17(19)18-10-5-7-12-20(18)21/h4-7,9-12,21H,8,13-16H2,1-3H3,(H,27,32)(H,30,31). The maximum Gasteiger partial charge on any atom is 0.408 e. The summed E-state index contributed by atoms with van der Waals surface area (Å²) in [5.74, 6) is -1.70. The number of aliphatic carboxylic acids is 1. The number of fused-ring (bicyclic) bond motifs is 3. The smallest absolute Gasteiger partial charge is 0.408 e. The molecule has 8 heteroatoms. The van der Waals surface area contributed by atoms with E-state index >= 15 is 0 Å². The van der Waals surface area contributed by atoms with Gasteiger partial charge in [-0.3, -0.25) is 4.79 Å². The number of alkyl carbamates (subject to hydrolysis) is 1. The van der Waals surface area contributed by atoms with Gasteiger partial charge in [0.2, 0.25) is 5.91 Å². The molecule has 0 bridgehead atoms. The number of methoxy groups -OCH3 is 1. The number of nitrogens with zero attached hydrogens (tertiary/aromatic N) is 1. The second-order valence-corrected chi connectivity index (χ2v) is 9.41. The van der Waals surface area contributed by atoms with Gasteiger partial charge in [0.1, 0.15) is 12.1 Å². The molecule has 0 aromatic heterocycles. The van der Waals surface area contributed by atoms with Crippen molar-refractivity contribution in [3.05, 3.63) is 59.7 Å². The molecule has 1 aliphatic heterocycles. The van der Waals surface area contributed by atoms with Gasteiger partial charge in [-0.05, 0) is 48.9 Å². The van der Waals surface area contributed by atoms with E-state index in [1.54, 1.807) is 13.8 Å². The van der Waals surface area contributed by atoms with Crippen LogP contribution in [0.2, 0.25) is 0 Å². The van der Waals surface area contributed by atoms with E-state index in [-0.39, 0.29) is 25.7 Å². The molecule has 1 heterocycles. The average Bonchev–Trinajstić information content (AvgIpc) is 3.37. The van der Waals surface area contributed by atoms with Crippen molar-refractivity contribution in [2.45, 2.75) is 43.7 Å². The van der Waals surface area contributed by atoms with E-state index in [4.69, 9.17) is 9.47 Å². The minimum atomic E-state index is -1.44. The third-order valence-electron chi connectivity index (χ3n) is 6.81. The fraction of sp³-hybridized carbons (Fsp3) is 0.423. The summed E-state index contributed by atoms with van der Waals surface area (Å²) >= 11 is 0. The van der Waals surface area contributed by atoms with Crippen molar-refractivity contribution < 1.29 is 29.0 Å².